The molecule has 2 saturated carbocycles. The van der Waals surface area contributed by atoms with Crippen molar-refractivity contribution in [3.8, 4) is 11.8 Å². The minimum absolute atomic E-state index is 0.0181. The lowest BCUT2D eigenvalue weighted by Crippen LogP contribution is -2.51. The molecule has 38 heavy (non-hydrogen) atoms. The van der Waals surface area contributed by atoms with Crippen LogP contribution in [0.15, 0.2) is 47.1 Å². The van der Waals surface area contributed by atoms with Crippen LogP contribution in [0, 0.1) is 34.5 Å². The molecular formula is C33H38FNO3. The minimum atomic E-state index is -1.15. The SMILES string of the molecule is CC(=O)[C@@]1(C#CCO)CC[C@H]2[C@@H]3CC(F)C4=CC(=O)CCC4=C3C(c3ccc(N4CCCC4)cc3)C[C@@]21C. The fourth-order valence-electron chi connectivity index (χ4n) is 8.92. The van der Waals surface area contributed by atoms with Crippen molar-refractivity contribution in [2.24, 2.45) is 22.7 Å². The molecule has 6 rings (SSSR count). The molecule has 5 heteroatoms. The Morgan fingerprint density at radius 2 is 1.92 bits per heavy atom. The van der Waals surface area contributed by atoms with Gasteiger partial charge in [0.15, 0.2) is 5.78 Å². The van der Waals surface area contributed by atoms with Crippen LogP contribution >= 0.6 is 0 Å². The van der Waals surface area contributed by atoms with Crippen LogP contribution in [0.4, 0.5) is 10.1 Å². The Kier molecular flexibility index (Phi) is 6.38. The molecule has 0 spiro atoms. The Bertz CT molecular complexity index is 1280. The lowest BCUT2D eigenvalue weighted by atomic mass is 9.48. The van der Waals surface area contributed by atoms with Gasteiger partial charge >= 0.3 is 0 Å². The van der Waals surface area contributed by atoms with E-state index in [-0.39, 0.29) is 35.9 Å². The molecule has 1 aromatic rings. The van der Waals surface area contributed by atoms with Gasteiger partial charge < -0.3 is 10.0 Å². The van der Waals surface area contributed by atoms with Crippen molar-refractivity contribution in [3.63, 3.8) is 0 Å². The third-order valence-electron chi connectivity index (χ3n) is 10.7. The molecule has 2 unspecified atom stereocenters. The second-order valence-corrected chi connectivity index (χ2v) is 12.3. The van der Waals surface area contributed by atoms with Gasteiger partial charge in [0.2, 0.25) is 0 Å². The molecule has 1 saturated heterocycles. The summed E-state index contributed by atoms with van der Waals surface area (Å²) in [6, 6.07) is 8.90. The first-order chi connectivity index (χ1) is 18.3. The van der Waals surface area contributed by atoms with Crippen LogP contribution < -0.4 is 4.90 Å². The van der Waals surface area contributed by atoms with E-state index in [0.717, 1.165) is 31.5 Å². The lowest BCUT2D eigenvalue weighted by molar-refractivity contribution is -0.130. The number of anilines is 1. The van der Waals surface area contributed by atoms with E-state index < -0.39 is 17.0 Å². The first-order valence-electron chi connectivity index (χ1n) is 14.4. The highest BCUT2D eigenvalue weighted by Gasteiger charge is 2.65. The number of aliphatic hydroxyl groups is 1. The van der Waals surface area contributed by atoms with Crippen LogP contribution in [-0.2, 0) is 9.59 Å². The second-order valence-electron chi connectivity index (χ2n) is 12.3. The van der Waals surface area contributed by atoms with E-state index >= 15 is 4.39 Å². The number of halogens is 1. The zero-order chi connectivity index (χ0) is 26.7. The zero-order valence-electron chi connectivity index (χ0n) is 22.6. The quantitative estimate of drug-likeness (QED) is 0.525. The van der Waals surface area contributed by atoms with Crippen LogP contribution in [0.3, 0.4) is 0 Å². The molecule has 1 heterocycles. The highest BCUT2D eigenvalue weighted by Crippen LogP contribution is 2.69. The number of ketones is 2. The Labute approximate surface area is 225 Å². The zero-order valence-corrected chi connectivity index (χ0v) is 22.6. The number of allylic oxidation sites excluding steroid dienone is 4. The van der Waals surface area contributed by atoms with Crippen molar-refractivity contribution in [3.05, 3.63) is 52.6 Å². The molecule has 4 nitrogen and oxygen atoms in total. The summed E-state index contributed by atoms with van der Waals surface area (Å²) in [5.74, 6) is 6.37. The standard InChI is InChI=1S/C33H38FNO3/c1-21(37)33(13-5-17-36)14-12-29-27-19-30(34)26-18-24(38)10-11-25(26)31(27)28(20-32(29,33)2)22-6-8-23(9-7-22)35-15-3-4-16-35/h6-9,18,27-30,36H,3-4,10-12,14-17,19-20H2,1-2H3/t27-,28?,29-,30?,32-,33+/m0/s1. The van der Waals surface area contributed by atoms with Crippen molar-refractivity contribution in [1.29, 1.82) is 0 Å². The molecule has 3 fully saturated rings. The predicted octanol–water partition coefficient (Wildman–Crippen LogP) is 5.71. The number of alkyl halides is 1. The summed E-state index contributed by atoms with van der Waals surface area (Å²) in [4.78, 5) is 28.1. The number of rotatable bonds is 3. The van der Waals surface area contributed by atoms with Crippen LogP contribution in [0.5, 0.6) is 0 Å². The fraction of sp³-hybridized carbons (Fsp3) is 0.576. The van der Waals surface area contributed by atoms with E-state index in [1.807, 2.05) is 0 Å². The Morgan fingerprint density at radius 1 is 1.18 bits per heavy atom. The van der Waals surface area contributed by atoms with Crippen LogP contribution in [-0.4, -0.2) is 42.5 Å². The summed E-state index contributed by atoms with van der Waals surface area (Å²) in [6.07, 6.45) is 6.49. The van der Waals surface area contributed by atoms with Gasteiger partial charge in [-0.05, 0) is 104 Å². The van der Waals surface area contributed by atoms with Gasteiger partial charge in [-0.15, -0.1) is 0 Å². The number of fused-ring (bicyclic) bond motifs is 4. The van der Waals surface area contributed by atoms with Crippen molar-refractivity contribution >= 4 is 17.3 Å². The number of Topliss-reactive ketones (excluding diaryl/α,β-unsaturated/α-hetero) is 1. The summed E-state index contributed by atoms with van der Waals surface area (Å²) in [7, 11) is 0. The Balaban J connectivity index is 1.50. The summed E-state index contributed by atoms with van der Waals surface area (Å²) >= 11 is 0. The van der Waals surface area contributed by atoms with Gasteiger partial charge in [-0.3, -0.25) is 9.59 Å². The van der Waals surface area contributed by atoms with Gasteiger partial charge in [0, 0.05) is 31.1 Å². The van der Waals surface area contributed by atoms with Crippen molar-refractivity contribution in [1.82, 2.24) is 0 Å². The lowest BCUT2D eigenvalue weighted by Gasteiger charge is -2.55. The summed E-state index contributed by atoms with van der Waals surface area (Å²) in [6.45, 7) is 5.74. The maximum atomic E-state index is 15.8. The smallest absolute Gasteiger partial charge is 0.156 e. The van der Waals surface area contributed by atoms with Gasteiger partial charge in [-0.25, -0.2) is 4.39 Å². The molecule has 200 valence electrons. The number of hydrogen-bond acceptors (Lipinski definition) is 4. The Hall–Kier alpha value is -2.71. The molecule has 0 aromatic heterocycles. The molecule has 5 aliphatic rings. The molecule has 1 aromatic carbocycles. The fourth-order valence-corrected chi connectivity index (χ4v) is 8.92. The van der Waals surface area contributed by atoms with Crippen LogP contribution in [0.25, 0.3) is 0 Å². The number of carbonyl (C=O) groups is 2. The van der Waals surface area contributed by atoms with Gasteiger partial charge in [0.1, 0.15) is 18.6 Å². The van der Waals surface area contributed by atoms with Crippen LogP contribution in [0.1, 0.15) is 76.7 Å². The molecule has 0 bridgehead atoms. The van der Waals surface area contributed by atoms with E-state index in [1.54, 1.807) is 13.0 Å². The van der Waals surface area contributed by atoms with Crippen molar-refractivity contribution in [2.75, 3.05) is 24.6 Å². The van der Waals surface area contributed by atoms with Gasteiger partial charge in [0.25, 0.3) is 0 Å². The van der Waals surface area contributed by atoms with Crippen LogP contribution in [0.2, 0.25) is 0 Å². The first-order valence-corrected chi connectivity index (χ1v) is 14.4. The highest BCUT2D eigenvalue weighted by atomic mass is 19.1. The highest BCUT2D eigenvalue weighted by molar-refractivity contribution is 5.93. The molecule has 1 aliphatic heterocycles. The average Bonchev–Trinajstić information content (AvgIpc) is 3.54. The average molecular weight is 516 g/mol. The number of hydrogen-bond donors (Lipinski definition) is 1. The molecule has 4 aliphatic carbocycles. The third kappa shape index (κ3) is 3.74. The number of benzene rings is 1. The number of nitrogens with zero attached hydrogens (tertiary/aromatic N) is 1. The van der Waals surface area contributed by atoms with E-state index in [1.165, 1.54) is 29.7 Å². The third-order valence-corrected chi connectivity index (χ3v) is 10.7. The normalized spacial score (nSPS) is 36.2. The molecule has 1 N–H and O–H groups in total. The molecule has 0 amide bonds. The Morgan fingerprint density at radius 3 is 2.61 bits per heavy atom. The maximum Gasteiger partial charge on any atom is 0.156 e. The minimum Gasteiger partial charge on any atom is -0.384 e. The van der Waals surface area contributed by atoms with Gasteiger partial charge in [-0.2, -0.15) is 0 Å². The summed E-state index contributed by atoms with van der Waals surface area (Å²) < 4.78 is 15.8. The number of aliphatic hydroxyl groups excluding tert-OH is 1. The van der Waals surface area contributed by atoms with Gasteiger partial charge in [-0.1, -0.05) is 36.5 Å². The molecule has 0 radical (unpaired) electrons. The van der Waals surface area contributed by atoms with E-state index in [2.05, 4.69) is 47.9 Å². The summed E-state index contributed by atoms with van der Waals surface area (Å²) in [5.41, 5.74) is 4.14. The van der Waals surface area contributed by atoms with Crippen molar-refractivity contribution in [2.45, 2.75) is 77.3 Å². The van der Waals surface area contributed by atoms with E-state index in [9.17, 15) is 14.7 Å². The largest absolute Gasteiger partial charge is 0.384 e. The van der Waals surface area contributed by atoms with E-state index in [4.69, 9.17) is 0 Å². The second kappa shape index (κ2) is 9.49. The monoisotopic (exact) mass is 515 g/mol. The van der Waals surface area contributed by atoms with E-state index in [0.29, 0.717) is 31.3 Å². The van der Waals surface area contributed by atoms with Gasteiger partial charge in [0.05, 0.1) is 5.41 Å². The summed E-state index contributed by atoms with van der Waals surface area (Å²) in [5, 5.41) is 9.54. The topological polar surface area (TPSA) is 57.6 Å². The molecular weight excluding hydrogens is 477 g/mol. The maximum absolute atomic E-state index is 15.8. The molecule has 6 atom stereocenters. The number of carbonyl (C=O) groups excluding carboxylic acids is 2. The first kappa shape index (κ1) is 25.6. The predicted molar refractivity (Wildman–Crippen MR) is 146 cm³/mol. The van der Waals surface area contributed by atoms with Crippen molar-refractivity contribution < 1.29 is 19.1 Å².